The standard InChI is InChI=1S/C33H31N3O6S2/c1-20(2)13-14-40-24-10-6-9-22(17-24)28-27(29(37)23-11-12-25-26(18-23)42-16-15-41-25)30(38)31(39)36(28)32-34-35-33(44-32)43-19-21-7-4-3-5-8-21/h3-12,17-18,20,28,37H,13-16,19H2,1-2H3/t28-/m0/s1. The molecule has 226 valence electrons. The molecule has 3 aromatic carbocycles. The number of carbonyl (C=O) groups is 2. The number of benzene rings is 3. The molecule has 2 aliphatic heterocycles. The second-order valence-electron chi connectivity index (χ2n) is 10.8. The maximum atomic E-state index is 13.7. The first-order valence-corrected chi connectivity index (χ1v) is 16.1. The summed E-state index contributed by atoms with van der Waals surface area (Å²) in [4.78, 5) is 28.7. The number of aliphatic hydroxyl groups excluding tert-OH is 1. The fourth-order valence-electron chi connectivity index (χ4n) is 4.96. The molecular formula is C33H31N3O6S2. The van der Waals surface area contributed by atoms with Gasteiger partial charge in [0.2, 0.25) is 5.13 Å². The second-order valence-corrected chi connectivity index (χ2v) is 12.9. The third-order valence-electron chi connectivity index (χ3n) is 7.20. The van der Waals surface area contributed by atoms with Gasteiger partial charge in [0.25, 0.3) is 5.78 Å². The summed E-state index contributed by atoms with van der Waals surface area (Å²) in [5.74, 6) is 0.825. The highest BCUT2D eigenvalue weighted by Crippen LogP contribution is 2.45. The fourth-order valence-corrected chi connectivity index (χ4v) is 6.78. The smallest absolute Gasteiger partial charge is 0.301 e. The van der Waals surface area contributed by atoms with Crippen LogP contribution in [0.3, 0.4) is 0 Å². The highest BCUT2D eigenvalue weighted by atomic mass is 32.2. The molecule has 0 radical (unpaired) electrons. The third kappa shape index (κ3) is 6.29. The molecular weight excluding hydrogens is 599 g/mol. The minimum atomic E-state index is -0.961. The summed E-state index contributed by atoms with van der Waals surface area (Å²) in [7, 11) is 0. The number of hydrogen-bond donors (Lipinski definition) is 1. The SMILES string of the molecule is CC(C)CCOc1cccc([C@H]2C(=C(O)c3ccc4c(c3)OCCO4)C(=O)C(=O)N2c2nnc(SCc3ccccc3)s2)c1. The van der Waals surface area contributed by atoms with Crippen LogP contribution >= 0.6 is 23.1 Å². The van der Waals surface area contributed by atoms with Crippen molar-refractivity contribution in [2.45, 2.75) is 36.4 Å². The molecule has 1 N–H and O–H groups in total. The zero-order chi connectivity index (χ0) is 30.6. The summed E-state index contributed by atoms with van der Waals surface area (Å²) in [6.07, 6.45) is 0.876. The van der Waals surface area contributed by atoms with Crippen molar-refractivity contribution < 1.29 is 28.9 Å². The number of amides is 1. The van der Waals surface area contributed by atoms with Crippen molar-refractivity contribution in [2.75, 3.05) is 24.7 Å². The Morgan fingerprint density at radius 2 is 1.82 bits per heavy atom. The largest absolute Gasteiger partial charge is 0.507 e. The lowest BCUT2D eigenvalue weighted by Crippen LogP contribution is -2.29. The van der Waals surface area contributed by atoms with Gasteiger partial charge in [-0.15, -0.1) is 10.2 Å². The van der Waals surface area contributed by atoms with E-state index >= 15 is 0 Å². The van der Waals surface area contributed by atoms with Gasteiger partial charge in [-0.1, -0.05) is 79.4 Å². The number of nitrogens with zero attached hydrogens (tertiary/aromatic N) is 3. The minimum Gasteiger partial charge on any atom is -0.507 e. The number of ether oxygens (including phenoxy) is 3. The monoisotopic (exact) mass is 629 g/mol. The number of aliphatic hydroxyl groups is 1. The van der Waals surface area contributed by atoms with Crippen molar-refractivity contribution in [3.05, 3.63) is 95.1 Å². The van der Waals surface area contributed by atoms with Crippen LogP contribution in [0.5, 0.6) is 17.2 Å². The van der Waals surface area contributed by atoms with Crippen molar-refractivity contribution in [3.63, 3.8) is 0 Å². The molecule has 3 heterocycles. The highest BCUT2D eigenvalue weighted by molar-refractivity contribution is 8.00. The summed E-state index contributed by atoms with van der Waals surface area (Å²) < 4.78 is 18.0. The van der Waals surface area contributed by atoms with E-state index in [0.29, 0.717) is 64.2 Å². The second kappa shape index (κ2) is 13.1. The Bertz CT molecular complexity index is 1700. The van der Waals surface area contributed by atoms with Crippen LogP contribution in [0.25, 0.3) is 5.76 Å². The van der Waals surface area contributed by atoms with Crippen LogP contribution in [-0.2, 0) is 15.3 Å². The lowest BCUT2D eigenvalue weighted by Gasteiger charge is -2.23. The topological polar surface area (TPSA) is 111 Å². The number of hydrogen-bond acceptors (Lipinski definition) is 10. The van der Waals surface area contributed by atoms with Crippen LogP contribution in [0.4, 0.5) is 5.13 Å². The molecule has 1 aromatic heterocycles. The Morgan fingerprint density at radius 1 is 1.02 bits per heavy atom. The molecule has 1 fully saturated rings. The number of fused-ring (bicyclic) bond motifs is 1. The first-order valence-electron chi connectivity index (χ1n) is 14.3. The summed E-state index contributed by atoms with van der Waals surface area (Å²) in [5, 5.41) is 20.5. The fraction of sp³-hybridized carbons (Fsp3) is 0.273. The molecule has 6 rings (SSSR count). The number of anilines is 1. The zero-order valence-electron chi connectivity index (χ0n) is 24.3. The van der Waals surface area contributed by atoms with Gasteiger partial charge in [-0.05, 0) is 53.8 Å². The molecule has 2 aliphatic rings. The minimum absolute atomic E-state index is 0.0558. The lowest BCUT2D eigenvalue weighted by atomic mass is 9.95. The van der Waals surface area contributed by atoms with Crippen LogP contribution in [0, 0.1) is 5.92 Å². The van der Waals surface area contributed by atoms with Gasteiger partial charge < -0.3 is 19.3 Å². The Hall–Kier alpha value is -4.35. The van der Waals surface area contributed by atoms with Crippen LogP contribution in [0.15, 0.2) is 82.7 Å². The molecule has 1 atom stereocenters. The van der Waals surface area contributed by atoms with Gasteiger partial charge >= 0.3 is 5.91 Å². The van der Waals surface area contributed by atoms with Gasteiger partial charge in [-0.3, -0.25) is 14.5 Å². The number of aromatic nitrogens is 2. The Balaban J connectivity index is 1.39. The highest BCUT2D eigenvalue weighted by Gasteiger charge is 2.48. The first-order chi connectivity index (χ1) is 21.4. The lowest BCUT2D eigenvalue weighted by molar-refractivity contribution is -0.132. The Labute approximate surface area is 263 Å². The van der Waals surface area contributed by atoms with E-state index in [1.54, 1.807) is 24.3 Å². The van der Waals surface area contributed by atoms with Crippen molar-refractivity contribution in [2.24, 2.45) is 5.92 Å². The number of ketones is 1. The molecule has 1 saturated heterocycles. The molecule has 9 nitrogen and oxygen atoms in total. The summed E-state index contributed by atoms with van der Waals surface area (Å²) in [6, 6.07) is 21.2. The average Bonchev–Trinajstić information content (AvgIpc) is 3.61. The number of rotatable bonds is 10. The van der Waals surface area contributed by atoms with Gasteiger partial charge in [0.1, 0.15) is 24.7 Å². The van der Waals surface area contributed by atoms with Crippen molar-refractivity contribution >= 4 is 45.7 Å². The quantitative estimate of drug-likeness (QED) is 0.0677. The van der Waals surface area contributed by atoms with Gasteiger partial charge in [0, 0.05) is 11.3 Å². The molecule has 0 spiro atoms. The van der Waals surface area contributed by atoms with E-state index in [-0.39, 0.29) is 16.5 Å². The summed E-state index contributed by atoms with van der Waals surface area (Å²) >= 11 is 2.72. The maximum absolute atomic E-state index is 13.7. The van der Waals surface area contributed by atoms with Crippen molar-refractivity contribution in [1.82, 2.24) is 10.2 Å². The van der Waals surface area contributed by atoms with E-state index in [4.69, 9.17) is 14.2 Å². The molecule has 4 aromatic rings. The van der Waals surface area contributed by atoms with Crippen LogP contribution < -0.4 is 19.1 Å². The zero-order valence-corrected chi connectivity index (χ0v) is 25.9. The van der Waals surface area contributed by atoms with Crippen LogP contribution in [0.1, 0.15) is 43.0 Å². The summed E-state index contributed by atoms with van der Waals surface area (Å²) in [5.41, 5.74) is 2.00. The van der Waals surface area contributed by atoms with E-state index < -0.39 is 17.7 Å². The van der Waals surface area contributed by atoms with E-state index in [1.807, 2.05) is 48.5 Å². The molecule has 0 saturated carbocycles. The van der Waals surface area contributed by atoms with Gasteiger partial charge in [-0.2, -0.15) is 0 Å². The van der Waals surface area contributed by atoms with Crippen LogP contribution in [0.2, 0.25) is 0 Å². The third-order valence-corrected chi connectivity index (χ3v) is 9.33. The van der Waals surface area contributed by atoms with Gasteiger partial charge in [0.05, 0.1) is 18.2 Å². The Morgan fingerprint density at radius 3 is 2.61 bits per heavy atom. The summed E-state index contributed by atoms with van der Waals surface area (Å²) in [6.45, 7) is 5.56. The molecule has 0 bridgehead atoms. The normalized spacial score (nSPS) is 17.3. The van der Waals surface area contributed by atoms with Crippen LogP contribution in [-0.4, -0.2) is 46.8 Å². The molecule has 0 aliphatic carbocycles. The molecule has 0 unspecified atom stereocenters. The first kappa shape index (κ1) is 29.7. The predicted octanol–water partition coefficient (Wildman–Crippen LogP) is 6.65. The van der Waals surface area contributed by atoms with E-state index in [0.717, 1.165) is 12.0 Å². The van der Waals surface area contributed by atoms with E-state index in [9.17, 15) is 14.7 Å². The Kier molecular flexibility index (Phi) is 8.85. The molecule has 44 heavy (non-hydrogen) atoms. The van der Waals surface area contributed by atoms with Crippen molar-refractivity contribution in [3.8, 4) is 17.2 Å². The van der Waals surface area contributed by atoms with Crippen molar-refractivity contribution in [1.29, 1.82) is 0 Å². The number of thioether (sulfide) groups is 1. The van der Waals surface area contributed by atoms with Gasteiger partial charge in [0.15, 0.2) is 15.8 Å². The molecule has 11 heteroatoms. The van der Waals surface area contributed by atoms with Gasteiger partial charge in [-0.25, -0.2) is 0 Å². The maximum Gasteiger partial charge on any atom is 0.301 e. The average molecular weight is 630 g/mol. The number of Topliss-reactive ketones (excluding diaryl/α,β-unsaturated/α-hetero) is 1. The van der Waals surface area contributed by atoms with E-state index in [1.165, 1.54) is 28.0 Å². The van der Waals surface area contributed by atoms with E-state index in [2.05, 4.69) is 24.0 Å². The predicted molar refractivity (Wildman–Crippen MR) is 170 cm³/mol. The molecule has 1 amide bonds. The number of carbonyl (C=O) groups excluding carboxylic acids is 2.